The molecule has 0 aromatic carbocycles. The van der Waals surface area contributed by atoms with Crippen molar-refractivity contribution in [2.45, 2.75) is 45.2 Å². The maximum atomic E-state index is 6.05. The highest BCUT2D eigenvalue weighted by atomic mass is 16.3. The smallest absolute Gasteiger partial charge is 0.138 e. The van der Waals surface area contributed by atoms with E-state index in [0.717, 1.165) is 23.7 Å². The van der Waals surface area contributed by atoms with E-state index in [-0.39, 0.29) is 0 Å². The molecule has 2 aromatic heterocycles. The van der Waals surface area contributed by atoms with Crippen LogP contribution in [0.25, 0.3) is 0 Å². The minimum atomic E-state index is 0.295. The Morgan fingerprint density at radius 1 is 1.40 bits per heavy atom. The van der Waals surface area contributed by atoms with E-state index in [0.29, 0.717) is 17.8 Å². The number of hydrogen-bond acceptors (Lipinski definition) is 5. The zero-order valence-electron chi connectivity index (χ0n) is 11.9. The van der Waals surface area contributed by atoms with Gasteiger partial charge in [0.05, 0.1) is 12.8 Å². The number of hydrogen-bond donors (Lipinski definition) is 1. The topological polar surface area (TPSA) is 68.2 Å². The maximum Gasteiger partial charge on any atom is 0.138 e. The van der Waals surface area contributed by atoms with E-state index >= 15 is 0 Å². The van der Waals surface area contributed by atoms with Gasteiger partial charge in [0, 0.05) is 11.6 Å². The van der Waals surface area contributed by atoms with Gasteiger partial charge in [-0.05, 0) is 30.9 Å². The molecule has 2 aromatic rings. The Morgan fingerprint density at radius 2 is 2.20 bits per heavy atom. The highest BCUT2D eigenvalue weighted by Gasteiger charge is 2.33. The summed E-state index contributed by atoms with van der Waals surface area (Å²) in [6.45, 7) is 4.97. The molecule has 5 heteroatoms. The van der Waals surface area contributed by atoms with Crippen LogP contribution in [0.3, 0.4) is 0 Å². The van der Waals surface area contributed by atoms with Gasteiger partial charge in [0.25, 0.3) is 0 Å². The van der Waals surface area contributed by atoms with Crippen LogP contribution in [0.1, 0.15) is 43.9 Å². The van der Waals surface area contributed by atoms with Crippen LogP contribution in [0.5, 0.6) is 0 Å². The first-order valence-electron chi connectivity index (χ1n) is 7.06. The van der Waals surface area contributed by atoms with Crippen molar-refractivity contribution in [1.82, 2.24) is 9.97 Å². The fourth-order valence-corrected chi connectivity index (χ4v) is 2.52. The molecule has 2 N–H and O–H groups in total. The molecule has 1 fully saturated rings. The fourth-order valence-electron chi connectivity index (χ4n) is 2.52. The monoisotopic (exact) mass is 272 g/mol. The molecule has 1 aliphatic carbocycles. The van der Waals surface area contributed by atoms with Crippen LogP contribution in [0.4, 0.5) is 11.6 Å². The Kier molecular flexibility index (Phi) is 3.34. The SMILES string of the molecule is CC(C)c1c(N)ncnc1N(Cc1ccco1)C1CC1. The van der Waals surface area contributed by atoms with E-state index in [4.69, 9.17) is 10.2 Å². The summed E-state index contributed by atoms with van der Waals surface area (Å²) >= 11 is 0. The van der Waals surface area contributed by atoms with Crippen molar-refractivity contribution in [3.05, 3.63) is 36.0 Å². The van der Waals surface area contributed by atoms with Crippen LogP contribution in [-0.4, -0.2) is 16.0 Å². The van der Waals surface area contributed by atoms with Crippen LogP contribution in [0.15, 0.2) is 29.1 Å². The van der Waals surface area contributed by atoms with Crippen LogP contribution in [0, 0.1) is 0 Å². The molecule has 0 aliphatic heterocycles. The molecule has 0 saturated heterocycles. The molecule has 0 atom stereocenters. The largest absolute Gasteiger partial charge is 0.467 e. The summed E-state index contributed by atoms with van der Waals surface area (Å²) in [6.07, 6.45) is 5.65. The van der Waals surface area contributed by atoms with Gasteiger partial charge in [0.1, 0.15) is 23.7 Å². The summed E-state index contributed by atoms with van der Waals surface area (Å²) in [7, 11) is 0. The molecular weight excluding hydrogens is 252 g/mol. The number of nitrogens with two attached hydrogens (primary N) is 1. The zero-order valence-corrected chi connectivity index (χ0v) is 11.9. The van der Waals surface area contributed by atoms with Crippen molar-refractivity contribution in [3.8, 4) is 0 Å². The van der Waals surface area contributed by atoms with E-state index in [2.05, 4.69) is 28.7 Å². The van der Waals surface area contributed by atoms with Gasteiger partial charge in [-0.1, -0.05) is 13.8 Å². The molecule has 0 radical (unpaired) electrons. The van der Waals surface area contributed by atoms with E-state index in [9.17, 15) is 0 Å². The molecule has 20 heavy (non-hydrogen) atoms. The molecule has 5 nitrogen and oxygen atoms in total. The molecule has 0 unspecified atom stereocenters. The van der Waals surface area contributed by atoms with Crippen molar-refractivity contribution in [3.63, 3.8) is 0 Å². The highest BCUT2D eigenvalue weighted by molar-refractivity contribution is 5.59. The summed E-state index contributed by atoms with van der Waals surface area (Å²) in [5.41, 5.74) is 7.09. The minimum Gasteiger partial charge on any atom is -0.467 e. The Morgan fingerprint density at radius 3 is 2.80 bits per heavy atom. The van der Waals surface area contributed by atoms with E-state index < -0.39 is 0 Å². The van der Waals surface area contributed by atoms with Gasteiger partial charge in [-0.3, -0.25) is 0 Å². The van der Waals surface area contributed by atoms with Gasteiger partial charge in [0.2, 0.25) is 0 Å². The maximum absolute atomic E-state index is 6.05. The molecule has 0 bridgehead atoms. The van der Waals surface area contributed by atoms with Gasteiger partial charge in [0.15, 0.2) is 0 Å². The lowest BCUT2D eigenvalue weighted by Crippen LogP contribution is -2.28. The summed E-state index contributed by atoms with van der Waals surface area (Å²) in [5, 5.41) is 0. The molecule has 1 saturated carbocycles. The predicted molar refractivity (Wildman–Crippen MR) is 78.4 cm³/mol. The lowest BCUT2D eigenvalue weighted by molar-refractivity contribution is 0.499. The summed E-state index contributed by atoms with van der Waals surface area (Å²) < 4.78 is 5.48. The molecule has 1 aliphatic rings. The third-order valence-electron chi connectivity index (χ3n) is 3.64. The number of furan rings is 1. The Labute approximate surface area is 118 Å². The van der Waals surface area contributed by atoms with Crippen molar-refractivity contribution >= 4 is 11.6 Å². The van der Waals surface area contributed by atoms with Gasteiger partial charge < -0.3 is 15.1 Å². The molecular formula is C15H20N4O. The van der Waals surface area contributed by atoms with Crippen molar-refractivity contribution in [2.75, 3.05) is 10.6 Å². The summed E-state index contributed by atoms with van der Waals surface area (Å²) in [4.78, 5) is 10.9. The average molecular weight is 272 g/mol. The highest BCUT2D eigenvalue weighted by Crippen LogP contribution is 2.37. The van der Waals surface area contributed by atoms with Crippen molar-refractivity contribution < 1.29 is 4.42 Å². The number of anilines is 2. The Balaban J connectivity index is 1.97. The minimum absolute atomic E-state index is 0.295. The zero-order chi connectivity index (χ0) is 14.1. The molecule has 0 amide bonds. The Hall–Kier alpha value is -2.04. The van der Waals surface area contributed by atoms with Gasteiger partial charge >= 0.3 is 0 Å². The van der Waals surface area contributed by atoms with Gasteiger partial charge in [-0.25, -0.2) is 9.97 Å². The second-order valence-electron chi connectivity index (χ2n) is 5.59. The summed E-state index contributed by atoms with van der Waals surface area (Å²) in [5.74, 6) is 2.77. The number of aromatic nitrogens is 2. The third kappa shape index (κ3) is 2.48. The van der Waals surface area contributed by atoms with Crippen molar-refractivity contribution in [1.29, 1.82) is 0 Å². The van der Waals surface area contributed by atoms with Crippen molar-refractivity contribution in [2.24, 2.45) is 0 Å². The fraction of sp³-hybridized carbons (Fsp3) is 0.467. The Bertz CT molecular complexity index is 576. The first-order valence-corrected chi connectivity index (χ1v) is 7.06. The second-order valence-corrected chi connectivity index (χ2v) is 5.59. The standard InChI is InChI=1S/C15H20N4O/c1-10(2)13-14(16)17-9-18-15(13)19(11-5-6-11)8-12-4-3-7-20-12/h3-4,7,9-11H,5-6,8H2,1-2H3,(H2,16,17,18). The van der Waals surface area contributed by atoms with Crippen LogP contribution < -0.4 is 10.6 Å². The quantitative estimate of drug-likeness (QED) is 0.906. The van der Waals surface area contributed by atoms with E-state index in [1.54, 1.807) is 12.6 Å². The lowest BCUT2D eigenvalue weighted by atomic mass is 10.0. The number of nitrogen functional groups attached to an aromatic ring is 1. The lowest BCUT2D eigenvalue weighted by Gasteiger charge is -2.26. The van der Waals surface area contributed by atoms with E-state index in [1.807, 2.05) is 12.1 Å². The van der Waals surface area contributed by atoms with Crippen LogP contribution in [-0.2, 0) is 6.54 Å². The molecule has 2 heterocycles. The first-order chi connectivity index (χ1) is 9.66. The summed E-state index contributed by atoms with van der Waals surface area (Å²) in [6, 6.07) is 4.44. The van der Waals surface area contributed by atoms with Gasteiger partial charge in [-0.2, -0.15) is 0 Å². The molecule has 3 rings (SSSR count). The normalized spacial score (nSPS) is 14.8. The van der Waals surface area contributed by atoms with Gasteiger partial charge in [-0.15, -0.1) is 0 Å². The third-order valence-corrected chi connectivity index (χ3v) is 3.64. The number of rotatable bonds is 5. The first kappa shape index (κ1) is 13.0. The van der Waals surface area contributed by atoms with Crippen LogP contribution in [0.2, 0.25) is 0 Å². The second kappa shape index (κ2) is 5.15. The average Bonchev–Trinajstić information content (AvgIpc) is 3.12. The number of nitrogens with zero attached hydrogens (tertiary/aromatic N) is 3. The molecule has 0 spiro atoms. The molecule has 106 valence electrons. The predicted octanol–water partition coefficient (Wildman–Crippen LogP) is 2.94. The van der Waals surface area contributed by atoms with E-state index in [1.165, 1.54) is 12.8 Å². The van der Waals surface area contributed by atoms with Crippen LogP contribution >= 0.6 is 0 Å².